The summed E-state index contributed by atoms with van der Waals surface area (Å²) in [5, 5.41) is 20.9. The first-order valence-electron chi connectivity index (χ1n) is 7.46. The third-order valence-electron chi connectivity index (χ3n) is 4.98. The van der Waals surface area contributed by atoms with Crippen molar-refractivity contribution in [3.63, 3.8) is 0 Å². The molecule has 0 aromatic carbocycles. The van der Waals surface area contributed by atoms with E-state index in [0.29, 0.717) is 5.92 Å². The first-order chi connectivity index (χ1) is 9.77. The van der Waals surface area contributed by atoms with Crippen LogP contribution in [0.5, 0.6) is 0 Å². The quantitative estimate of drug-likeness (QED) is 0.878. The summed E-state index contributed by atoms with van der Waals surface area (Å²) in [5.41, 5.74) is -0.296. The summed E-state index contributed by atoms with van der Waals surface area (Å²) in [6.45, 7) is 3.95. The lowest BCUT2D eigenvalue weighted by molar-refractivity contribution is 0.188. The predicted molar refractivity (Wildman–Crippen MR) is 74.7 cm³/mol. The first kappa shape index (κ1) is 13.5. The Kier molecular flexibility index (Phi) is 3.72. The SMILES string of the molecule is CNC1(C#N)CCCC1CCN1CCn2cnnc2C1. The van der Waals surface area contributed by atoms with E-state index in [1.54, 1.807) is 0 Å². The molecule has 1 N–H and O–H groups in total. The largest absolute Gasteiger partial charge is 0.315 e. The zero-order valence-electron chi connectivity index (χ0n) is 12.0. The smallest absolute Gasteiger partial charge is 0.147 e. The van der Waals surface area contributed by atoms with Gasteiger partial charge in [0.2, 0.25) is 0 Å². The Bertz CT molecular complexity index is 504. The maximum atomic E-state index is 9.48. The van der Waals surface area contributed by atoms with Crippen LogP contribution >= 0.6 is 0 Å². The van der Waals surface area contributed by atoms with E-state index in [2.05, 4.69) is 31.1 Å². The number of rotatable bonds is 4. The summed E-state index contributed by atoms with van der Waals surface area (Å²) < 4.78 is 2.12. The monoisotopic (exact) mass is 274 g/mol. The second-order valence-corrected chi connectivity index (χ2v) is 5.93. The maximum Gasteiger partial charge on any atom is 0.147 e. The third kappa shape index (κ3) is 2.32. The second kappa shape index (κ2) is 5.51. The molecule has 0 radical (unpaired) electrons. The number of nitrogens with one attached hydrogen (secondary N) is 1. The van der Waals surface area contributed by atoms with Crippen LogP contribution in [0.2, 0.25) is 0 Å². The molecular formula is C14H22N6. The van der Waals surface area contributed by atoms with E-state index < -0.39 is 0 Å². The molecule has 0 spiro atoms. The van der Waals surface area contributed by atoms with Crippen LogP contribution < -0.4 is 5.32 Å². The molecule has 2 aliphatic rings. The van der Waals surface area contributed by atoms with Crippen LogP contribution in [-0.2, 0) is 13.1 Å². The highest BCUT2D eigenvalue weighted by molar-refractivity contribution is 5.13. The van der Waals surface area contributed by atoms with Gasteiger partial charge in [0.05, 0.1) is 12.6 Å². The Morgan fingerprint density at radius 3 is 3.25 bits per heavy atom. The van der Waals surface area contributed by atoms with Crippen LogP contribution in [0.25, 0.3) is 0 Å². The van der Waals surface area contributed by atoms with Crippen molar-refractivity contribution < 1.29 is 0 Å². The minimum absolute atomic E-state index is 0.296. The van der Waals surface area contributed by atoms with Gasteiger partial charge in [0.1, 0.15) is 17.7 Å². The van der Waals surface area contributed by atoms with Crippen molar-refractivity contribution in [1.82, 2.24) is 25.0 Å². The number of hydrogen-bond acceptors (Lipinski definition) is 5. The fraction of sp³-hybridized carbons (Fsp3) is 0.786. The first-order valence-corrected chi connectivity index (χ1v) is 7.46. The molecule has 1 aromatic rings. The van der Waals surface area contributed by atoms with Crippen molar-refractivity contribution in [1.29, 1.82) is 5.26 Å². The molecule has 108 valence electrons. The third-order valence-corrected chi connectivity index (χ3v) is 4.98. The molecule has 2 heterocycles. The van der Waals surface area contributed by atoms with Gasteiger partial charge in [-0.25, -0.2) is 0 Å². The van der Waals surface area contributed by atoms with E-state index in [0.717, 1.165) is 51.3 Å². The van der Waals surface area contributed by atoms with Crippen molar-refractivity contribution in [3.05, 3.63) is 12.2 Å². The zero-order valence-corrected chi connectivity index (χ0v) is 12.0. The van der Waals surface area contributed by atoms with Crippen molar-refractivity contribution in [2.45, 2.75) is 44.3 Å². The highest BCUT2D eigenvalue weighted by atomic mass is 15.3. The summed E-state index contributed by atoms with van der Waals surface area (Å²) in [4.78, 5) is 2.43. The molecule has 1 fully saturated rings. The van der Waals surface area contributed by atoms with E-state index in [1.807, 2.05) is 13.4 Å². The summed E-state index contributed by atoms with van der Waals surface area (Å²) in [6, 6.07) is 2.52. The average Bonchev–Trinajstić information content (AvgIpc) is 3.11. The molecule has 0 saturated heterocycles. The average molecular weight is 274 g/mol. The second-order valence-electron chi connectivity index (χ2n) is 5.93. The zero-order chi connectivity index (χ0) is 14.0. The number of hydrogen-bond donors (Lipinski definition) is 1. The van der Waals surface area contributed by atoms with Crippen molar-refractivity contribution in [2.24, 2.45) is 5.92 Å². The van der Waals surface area contributed by atoms with Crippen molar-refractivity contribution >= 4 is 0 Å². The molecule has 20 heavy (non-hydrogen) atoms. The highest BCUT2D eigenvalue weighted by Gasteiger charge is 2.41. The molecule has 6 heteroatoms. The number of aromatic nitrogens is 3. The molecule has 1 saturated carbocycles. The van der Waals surface area contributed by atoms with Crippen molar-refractivity contribution in [3.8, 4) is 6.07 Å². The number of nitrogens with zero attached hydrogens (tertiary/aromatic N) is 5. The molecule has 6 nitrogen and oxygen atoms in total. The van der Waals surface area contributed by atoms with E-state index >= 15 is 0 Å². The van der Waals surface area contributed by atoms with Gasteiger partial charge in [0.25, 0.3) is 0 Å². The van der Waals surface area contributed by atoms with Gasteiger partial charge in [-0.3, -0.25) is 4.90 Å². The maximum absolute atomic E-state index is 9.48. The summed E-state index contributed by atoms with van der Waals surface area (Å²) in [6.07, 6.45) is 6.21. The van der Waals surface area contributed by atoms with E-state index in [-0.39, 0.29) is 5.54 Å². The molecule has 2 unspecified atom stereocenters. The van der Waals surface area contributed by atoms with Crippen molar-refractivity contribution in [2.75, 3.05) is 20.1 Å². The Morgan fingerprint density at radius 2 is 2.45 bits per heavy atom. The lowest BCUT2D eigenvalue weighted by Crippen LogP contribution is -2.46. The van der Waals surface area contributed by atoms with Gasteiger partial charge in [-0.05, 0) is 38.8 Å². The highest BCUT2D eigenvalue weighted by Crippen LogP contribution is 2.37. The van der Waals surface area contributed by atoms with Gasteiger partial charge in [-0.1, -0.05) is 6.42 Å². The standard InChI is InChI=1S/C14H22N6/c1-16-14(10-15)5-2-3-12(14)4-6-19-7-8-20-11-17-18-13(20)9-19/h11-12,16H,2-9H2,1H3. The molecule has 1 aromatic heterocycles. The molecule has 3 rings (SSSR count). The van der Waals surface area contributed by atoms with Gasteiger partial charge < -0.3 is 9.88 Å². The van der Waals surface area contributed by atoms with Crippen LogP contribution in [0.1, 0.15) is 31.5 Å². The lowest BCUT2D eigenvalue weighted by atomic mass is 9.86. The Morgan fingerprint density at radius 1 is 1.55 bits per heavy atom. The van der Waals surface area contributed by atoms with Gasteiger partial charge in [0.15, 0.2) is 0 Å². The number of nitriles is 1. The van der Waals surface area contributed by atoms with Gasteiger partial charge in [-0.2, -0.15) is 5.26 Å². The Labute approximate surface area is 119 Å². The lowest BCUT2D eigenvalue weighted by Gasteiger charge is -2.32. The van der Waals surface area contributed by atoms with Crippen LogP contribution in [0.15, 0.2) is 6.33 Å². The van der Waals surface area contributed by atoms with Crippen LogP contribution in [0.3, 0.4) is 0 Å². The van der Waals surface area contributed by atoms with E-state index in [4.69, 9.17) is 0 Å². The van der Waals surface area contributed by atoms with E-state index in [9.17, 15) is 5.26 Å². The summed E-state index contributed by atoms with van der Waals surface area (Å²) in [7, 11) is 1.92. The number of fused-ring (bicyclic) bond motifs is 1. The van der Waals surface area contributed by atoms with E-state index in [1.165, 1.54) is 6.42 Å². The van der Waals surface area contributed by atoms with Gasteiger partial charge >= 0.3 is 0 Å². The fourth-order valence-corrected chi connectivity index (χ4v) is 3.65. The molecule has 0 bridgehead atoms. The molecule has 0 amide bonds. The Hall–Kier alpha value is -1.45. The molecule has 2 atom stereocenters. The predicted octanol–water partition coefficient (Wildman–Crippen LogP) is 0.766. The van der Waals surface area contributed by atoms with Crippen LogP contribution in [0, 0.1) is 17.2 Å². The minimum atomic E-state index is -0.296. The molecule has 1 aliphatic carbocycles. The topological polar surface area (TPSA) is 69.8 Å². The van der Waals surface area contributed by atoms with Crippen LogP contribution in [-0.4, -0.2) is 45.3 Å². The van der Waals surface area contributed by atoms with Gasteiger partial charge in [-0.15, -0.1) is 10.2 Å². The minimum Gasteiger partial charge on any atom is -0.315 e. The van der Waals surface area contributed by atoms with Crippen LogP contribution in [0.4, 0.5) is 0 Å². The summed E-state index contributed by atoms with van der Waals surface area (Å²) in [5.74, 6) is 1.53. The summed E-state index contributed by atoms with van der Waals surface area (Å²) >= 11 is 0. The molecule has 1 aliphatic heterocycles. The Balaban J connectivity index is 1.57. The van der Waals surface area contributed by atoms with Gasteiger partial charge in [0, 0.05) is 13.1 Å². The fourth-order valence-electron chi connectivity index (χ4n) is 3.65. The normalized spacial score (nSPS) is 30.1. The molecular weight excluding hydrogens is 252 g/mol.